The number of imidazole rings is 1. The quantitative estimate of drug-likeness (QED) is 0.207. The Morgan fingerprint density at radius 2 is 1.74 bits per heavy atom. The number of nitrogens with zero attached hydrogens (tertiary/aromatic N) is 5. The smallest absolute Gasteiger partial charge is 0.270 e. The van der Waals surface area contributed by atoms with Crippen LogP contribution < -0.4 is 10.6 Å². The minimum atomic E-state index is -2.73. The minimum absolute atomic E-state index is 0.0484. The molecule has 0 spiro atoms. The molecule has 2 N–H and O–H groups in total. The van der Waals surface area contributed by atoms with Crippen molar-refractivity contribution in [1.82, 2.24) is 35.0 Å². The first-order valence-corrected chi connectivity index (χ1v) is 16.6. The number of nitrogens with one attached hydrogen (secondary N) is 2. The summed E-state index contributed by atoms with van der Waals surface area (Å²) in [5, 5.41) is 15.0. The molecule has 13 heteroatoms. The highest BCUT2D eigenvalue weighted by Gasteiger charge is 2.46. The first-order chi connectivity index (χ1) is 21.9. The Bertz CT molecular complexity index is 1530. The molecule has 46 heavy (non-hydrogen) atoms. The number of aromatic nitrogens is 5. The molecule has 2 atom stereocenters. The van der Waals surface area contributed by atoms with Gasteiger partial charge in [-0.05, 0) is 75.0 Å². The molecule has 3 aromatic heterocycles. The Kier molecular flexibility index (Phi) is 9.13. The topological polar surface area (TPSA) is 106 Å². The molecular formula is C33H43F4N7O2. The van der Waals surface area contributed by atoms with E-state index < -0.39 is 17.9 Å². The number of hydrogen-bond acceptors (Lipinski definition) is 5. The van der Waals surface area contributed by atoms with Crippen LogP contribution in [0.25, 0.3) is 5.65 Å². The van der Waals surface area contributed by atoms with E-state index in [0.29, 0.717) is 29.4 Å². The van der Waals surface area contributed by atoms with Gasteiger partial charge < -0.3 is 10.6 Å². The fourth-order valence-corrected chi connectivity index (χ4v) is 7.15. The second kappa shape index (κ2) is 12.9. The molecule has 0 aromatic carbocycles. The van der Waals surface area contributed by atoms with Gasteiger partial charge in [-0.25, -0.2) is 27.1 Å². The van der Waals surface area contributed by atoms with Crippen LogP contribution in [0.3, 0.4) is 0 Å². The van der Waals surface area contributed by atoms with Crippen molar-refractivity contribution in [2.45, 2.75) is 121 Å². The number of halogens is 4. The molecule has 3 heterocycles. The average molecular weight is 646 g/mol. The van der Waals surface area contributed by atoms with E-state index in [1.807, 2.05) is 19.9 Å². The summed E-state index contributed by atoms with van der Waals surface area (Å²) in [4.78, 5) is 31.2. The summed E-state index contributed by atoms with van der Waals surface area (Å²) < 4.78 is 58.2. The summed E-state index contributed by atoms with van der Waals surface area (Å²) in [5.74, 6) is -5.97. The summed E-state index contributed by atoms with van der Waals surface area (Å²) in [7, 11) is 0. The van der Waals surface area contributed by atoms with Gasteiger partial charge in [-0.1, -0.05) is 19.3 Å². The minimum Gasteiger partial charge on any atom is -0.349 e. The van der Waals surface area contributed by atoms with Crippen molar-refractivity contribution in [2.24, 2.45) is 17.8 Å². The van der Waals surface area contributed by atoms with Gasteiger partial charge in [0.05, 0.1) is 30.2 Å². The molecule has 3 aliphatic carbocycles. The SMILES string of the molecule is CC(C)n1nccc1C(=O)N[C@H](c1cn2ncc([C@H](CCC3CCC3)NC(=O)CC3CC(F)(F)C3)cc2n1)C1CCC(F)(F)CC1. The van der Waals surface area contributed by atoms with Crippen molar-refractivity contribution in [1.29, 1.82) is 0 Å². The van der Waals surface area contributed by atoms with Crippen LogP contribution in [0.4, 0.5) is 17.6 Å². The summed E-state index contributed by atoms with van der Waals surface area (Å²) in [6.45, 7) is 3.84. The van der Waals surface area contributed by atoms with Gasteiger partial charge in [-0.3, -0.25) is 14.3 Å². The van der Waals surface area contributed by atoms with Gasteiger partial charge in [0, 0.05) is 44.3 Å². The Morgan fingerprint density at radius 1 is 1.00 bits per heavy atom. The lowest BCUT2D eigenvalue weighted by atomic mass is 9.79. The zero-order valence-electron chi connectivity index (χ0n) is 26.4. The Morgan fingerprint density at radius 3 is 2.39 bits per heavy atom. The molecule has 0 bridgehead atoms. The Balaban J connectivity index is 1.24. The Hall–Kier alpha value is -3.51. The van der Waals surface area contributed by atoms with Crippen molar-refractivity contribution >= 4 is 17.5 Å². The first-order valence-electron chi connectivity index (χ1n) is 16.6. The number of alkyl halides is 4. The summed E-state index contributed by atoms with van der Waals surface area (Å²) in [5.41, 5.74) is 2.16. The third-order valence-corrected chi connectivity index (χ3v) is 10.1. The fraction of sp³-hybridized carbons (Fsp3) is 0.667. The van der Waals surface area contributed by atoms with Gasteiger partial charge in [0.2, 0.25) is 17.8 Å². The van der Waals surface area contributed by atoms with Crippen LogP contribution in [0.2, 0.25) is 0 Å². The zero-order chi connectivity index (χ0) is 32.6. The number of hydrogen-bond donors (Lipinski definition) is 2. The van der Waals surface area contributed by atoms with Crippen LogP contribution >= 0.6 is 0 Å². The molecule has 250 valence electrons. The molecule has 0 radical (unpaired) electrons. The molecule has 3 saturated carbocycles. The largest absolute Gasteiger partial charge is 0.349 e. The normalized spacial score (nSPS) is 21.5. The lowest BCUT2D eigenvalue weighted by Gasteiger charge is -2.35. The van der Waals surface area contributed by atoms with Crippen molar-refractivity contribution in [3.8, 4) is 0 Å². The maximum absolute atomic E-state index is 14.1. The van der Waals surface area contributed by atoms with E-state index >= 15 is 0 Å². The number of rotatable bonds is 12. The van der Waals surface area contributed by atoms with Crippen molar-refractivity contribution in [3.05, 3.63) is 47.7 Å². The third-order valence-electron chi connectivity index (χ3n) is 10.1. The van der Waals surface area contributed by atoms with Gasteiger partial charge in [-0.15, -0.1) is 0 Å². The van der Waals surface area contributed by atoms with E-state index in [4.69, 9.17) is 4.98 Å². The van der Waals surface area contributed by atoms with Gasteiger partial charge in [0.1, 0.15) is 5.69 Å². The number of carbonyl (C=O) groups excluding carboxylic acids is 2. The number of fused-ring (bicyclic) bond motifs is 1. The molecule has 3 fully saturated rings. The predicted molar refractivity (Wildman–Crippen MR) is 162 cm³/mol. The molecule has 0 unspecified atom stereocenters. The van der Waals surface area contributed by atoms with E-state index in [1.165, 1.54) is 6.42 Å². The highest BCUT2D eigenvalue weighted by molar-refractivity contribution is 5.92. The van der Waals surface area contributed by atoms with E-state index in [1.54, 1.807) is 33.9 Å². The van der Waals surface area contributed by atoms with E-state index in [0.717, 1.165) is 24.8 Å². The summed E-state index contributed by atoms with van der Waals surface area (Å²) >= 11 is 0. The molecule has 3 aliphatic rings. The maximum Gasteiger partial charge on any atom is 0.270 e. The molecule has 0 saturated heterocycles. The van der Waals surface area contributed by atoms with Crippen LogP contribution in [0.15, 0.2) is 30.7 Å². The van der Waals surface area contributed by atoms with Gasteiger partial charge >= 0.3 is 0 Å². The lowest BCUT2D eigenvalue weighted by molar-refractivity contribution is -0.134. The maximum atomic E-state index is 14.1. The molecule has 3 aromatic rings. The van der Waals surface area contributed by atoms with Gasteiger partial charge in [-0.2, -0.15) is 10.2 Å². The summed E-state index contributed by atoms with van der Waals surface area (Å²) in [6.07, 6.45) is 9.62. The van der Waals surface area contributed by atoms with E-state index in [2.05, 4.69) is 20.8 Å². The highest BCUT2D eigenvalue weighted by Crippen LogP contribution is 2.44. The van der Waals surface area contributed by atoms with Crippen LogP contribution in [0, 0.1) is 17.8 Å². The van der Waals surface area contributed by atoms with Crippen LogP contribution in [0.1, 0.15) is 131 Å². The Labute approximate surface area is 265 Å². The van der Waals surface area contributed by atoms with Crippen LogP contribution in [-0.2, 0) is 4.79 Å². The van der Waals surface area contributed by atoms with Crippen molar-refractivity contribution < 1.29 is 27.2 Å². The molecule has 0 aliphatic heterocycles. The molecule has 9 nitrogen and oxygen atoms in total. The summed E-state index contributed by atoms with van der Waals surface area (Å²) in [6, 6.07) is 2.46. The van der Waals surface area contributed by atoms with Crippen LogP contribution in [-0.4, -0.2) is 48.0 Å². The number of amides is 2. The van der Waals surface area contributed by atoms with E-state index in [9.17, 15) is 27.2 Å². The predicted octanol–water partition coefficient (Wildman–Crippen LogP) is 6.98. The van der Waals surface area contributed by atoms with Crippen molar-refractivity contribution in [3.63, 3.8) is 0 Å². The highest BCUT2D eigenvalue weighted by atomic mass is 19.3. The monoisotopic (exact) mass is 645 g/mol. The average Bonchev–Trinajstić information content (AvgIpc) is 3.61. The third kappa shape index (κ3) is 7.38. The van der Waals surface area contributed by atoms with Gasteiger partial charge in [0.15, 0.2) is 5.65 Å². The number of carbonyl (C=O) groups is 2. The van der Waals surface area contributed by atoms with Crippen molar-refractivity contribution in [2.75, 3.05) is 0 Å². The second-order valence-electron chi connectivity index (χ2n) is 14.0. The molecule has 2 amide bonds. The standard InChI is InChI=1S/C33H43F4N7O2/c1-20(2)44-27(10-13-38-44)31(46)42-30(23-8-11-32(34,35)12-9-23)26-19-43-28(40-26)15-24(18-39-43)25(7-6-21-4-3-5-21)41-29(45)14-22-16-33(36,37)17-22/h10,13,15,18-23,25,30H,3-9,11-12,14,16-17H2,1-2H3,(H,41,45)(H,42,46)/t25-,30-/m0/s1. The fourth-order valence-electron chi connectivity index (χ4n) is 7.15. The molecule has 6 rings (SSSR count). The molecular weight excluding hydrogens is 602 g/mol. The zero-order valence-corrected chi connectivity index (χ0v) is 26.4. The van der Waals surface area contributed by atoms with E-state index in [-0.39, 0.29) is 80.7 Å². The van der Waals surface area contributed by atoms with Crippen LogP contribution in [0.5, 0.6) is 0 Å². The first kappa shape index (κ1) is 32.4. The van der Waals surface area contributed by atoms with Gasteiger partial charge in [0.25, 0.3) is 5.91 Å². The lowest BCUT2D eigenvalue weighted by Crippen LogP contribution is -2.39. The second-order valence-corrected chi connectivity index (χ2v) is 14.0.